The van der Waals surface area contributed by atoms with Crippen LogP contribution in [-0.2, 0) is 6.54 Å². The minimum Gasteiger partial charge on any atom is -0.493 e. The molecule has 1 saturated carbocycles. The predicted molar refractivity (Wildman–Crippen MR) is 84.1 cm³/mol. The zero-order chi connectivity index (χ0) is 15.5. The molecule has 5 heteroatoms. The monoisotopic (exact) mass is 302 g/mol. The summed E-state index contributed by atoms with van der Waals surface area (Å²) in [5.74, 6) is 2.52. The smallest absolute Gasteiger partial charge is 0.315 e. The van der Waals surface area contributed by atoms with E-state index in [0.717, 1.165) is 12.0 Å². The van der Waals surface area contributed by atoms with Gasteiger partial charge >= 0.3 is 6.03 Å². The summed E-state index contributed by atoms with van der Waals surface area (Å²) in [5, 5.41) is 5.98. The highest BCUT2D eigenvalue weighted by atomic mass is 16.5. The topological polar surface area (TPSA) is 59.6 Å². The molecule has 2 aliphatic carbocycles. The molecule has 3 atom stereocenters. The van der Waals surface area contributed by atoms with E-state index < -0.39 is 0 Å². The van der Waals surface area contributed by atoms with Crippen molar-refractivity contribution in [2.75, 3.05) is 14.2 Å². The van der Waals surface area contributed by atoms with E-state index in [0.29, 0.717) is 29.9 Å². The van der Waals surface area contributed by atoms with Gasteiger partial charge < -0.3 is 20.1 Å². The molecule has 0 saturated heterocycles. The van der Waals surface area contributed by atoms with E-state index in [2.05, 4.69) is 22.8 Å². The van der Waals surface area contributed by atoms with Gasteiger partial charge in [0.15, 0.2) is 11.5 Å². The van der Waals surface area contributed by atoms with Gasteiger partial charge in [0.2, 0.25) is 0 Å². The number of rotatable bonds is 5. The number of nitrogens with one attached hydrogen (secondary N) is 2. The van der Waals surface area contributed by atoms with E-state index in [9.17, 15) is 4.79 Å². The van der Waals surface area contributed by atoms with Crippen molar-refractivity contribution >= 4 is 6.03 Å². The lowest BCUT2D eigenvalue weighted by atomic mass is 10.0. The molecule has 2 N–H and O–H groups in total. The Morgan fingerprint density at radius 1 is 1.18 bits per heavy atom. The highest BCUT2D eigenvalue weighted by Crippen LogP contribution is 2.38. The van der Waals surface area contributed by atoms with Crippen LogP contribution in [0.2, 0.25) is 0 Å². The number of methoxy groups -OCH3 is 2. The third-order valence-corrected chi connectivity index (χ3v) is 4.50. The molecule has 3 unspecified atom stereocenters. The summed E-state index contributed by atoms with van der Waals surface area (Å²) in [7, 11) is 3.21. The molecule has 3 rings (SSSR count). The number of benzene rings is 1. The molecule has 2 aliphatic rings. The normalized spacial score (nSPS) is 25.1. The van der Waals surface area contributed by atoms with Crippen molar-refractivity contribution in [2.24, 2.45) is 11.8 Å². The largest absolute Gasteiger partial charge is 0.493 e. The van der Waals surface area contributed by atoms with Crippen LogP contribution >= 0.6 is 0 Å². The number of carbonyl (C=O) groups is 1. The molecule has 1 fully saturated rings. The van der Waals surface area contributed by atoms with Crippen molar-refractivity contribution in [3.8, 4) is 11.5 Å². The summed E-state index contributed by atoms with van der Waals surface area (Å²) < 4.78 is 10.5. The van der Waals surface area contributed by atoms with Gasteiger partial charge in [0.1, 0.15) is 0 Å². The van der Waals surface area contributed by atoms with E-state index >= 15 is 0 Å². The van der Waals surface area contributed by atoms with Crippen molar-refractivity contribution < 1.29 is 14.3 Å². The third-order valence-electron chi connectivity index (χ3n) is 4.50. The van der Waals surface area contributed by atoms with Gasteiger partial charge in [-0.1, -0.05) is 18.2 Å². The molecule has 0 radical (unpaired) electrons. The van der Waals surface area contributed by atoms with Gasteiger partial charge in [-0.05, 0) is 42.4 Å². The van der Waals surface area contributed by atoms with Crippen LogP contribution in [-0.4, -0.2) is 26.3 Å². The molecule has 0 spiro atoms. The summed E-state index contributed by atoms with van der Waals surface area (Å²) >= 11 is 0. The Hall–Kier alpha value is -2.17. The van der Waals surface area contributed by atoms with Crippen LogP contribution in [0.4, 0.5) is 4.79 Å². The molecule has 2 amide bonds. The number of allylic oxidation sites excluding steroid dienone is 1. The summed E-state index contributed by atoms with van der Waals surface area (Å²) in [6.45, 7) is 0.461. The Bertz CT molecular complexity index is 585. The quantitative estimate of drug-likeness (QED) is 0.822. The van der Waals surface area contributed by atoms with Crippen LogP contribution < -0.4 is 20.1 Å². The Kier molecular flexibility index (Phi) is 4.22. The molecule has 118 valence electrons. The fraction of sp³-hybridized carbons (Fsp3) is 0.471. The first kappa shape index (κ1) is 14.8. The molecule has 0 aromatic heterocycles. The van der Waals surface area contributed by atoms with Crippen molar-refractivity contribution in [2.45, 2.75) is 25.4 Å². The van der Waals surface area contributed by atoms with Gasteiger partial charge in [-0.2, -0.15) is 0 Å². The highest BCUT2D eigenvalue weighted by Gasteiger charge is 2.36. The Labute approximate surface area is 130 Å². The second-order valence-corrected chi connectivity index (χ2v) is 5.90. The maximum absolute atomic E-state index is 12.0. The maximum atomic E-state index is 12.0. The van der Waals surface area contributed by atoms with Crippen molar-refractivity contribution in [1.29, 1.82) is 0 Å². The van der Waals surface area contributed by atoms with Crippen LogP contribution in [0.25, 0.3) is 0 Å². The minimum atomic E-state index is -0.110. The predicted octanol–water partition coefficient (Wildman–Crippen LogP) is 2.47. The van der Waals surface area contributed by atoms with E-state index in [-0.39, 0.29) is 12.1 Å². The van der Waals surface area contributed by atoms with E-state index in [1.54, 1.807) is 14.2 Å². The Morgan fingerprint density at radius 3 is 2.64 bits per heavy atom. The lowest BCUT2D eigenvalue weighted by molar-refractivity contribution is 0.234. The van der Waals surface area contributed by atoms with Gasteiger partial charge in [-0.25, -0.2) is 4.79 Å². The number of fused-ring (bicyclic) bond motifs is 2. The fourth-order valence-electron chi connectivity index (χ4n) is 3.34. The molecule has 1 aromatic rings. The first-order valence-electron chi connectivity index (χ1n) is 7.63. The van der Waals surface area contributed by atoms with E-state index in [4.69, 9.17) is 9.47 Å². The zero-order valence-corrected chi connectivity index (χ0v) is 13.0. The molecule has 0 heterocycles. The maximum Gasteiger partial charge on any atom is 0.315 e. The van der Waals surface area contributed by atoms with Crippen LogP contribution in [0.1, 0.15) is 18.4 Å². The average molecular weight is 302 g/mol. The van der Waals surface area contributed by atoms with Crippen LogP contribution in [0, 0.1) is 11.8 Å². The number of carbonyl (C=O) groups excluding carboxylic acids is 1. The molecular formula is C17H22N2O3. The number of ether oxygens (including phenoxy) is 2. The van der Waals surface area contributed by atoms with Gasteiger partial charge in [-0.3, -0.25) is 0 Å². The van der Waals surface area contributed by atoms with Crippen molar-refractivity contribution in [3.63, 3.8) is 0 Å². The van der Waals surface area contributed by atoms with Crippen LogP contribution in [0.5, 0.6) is 11.5 Å². The number of hydrogen-bond donors (Lipinski definition) is 2. The standard InChI is InChI=1S/C17H22N2O3/c1-21-15-6-4-12(9-16(15)22-2)10-18-17(20)19-14-8-11-3-5-13(14)7-11/h3-6,9,11,13-14H,7-8,10H2,1-2H3,(H2,18,19,20). The molecule has 1 aromatic carbocycles. The van der Waals surface area contributed by atoms with Gasteiger partial charge in [0, 0.05) is 12.6 Å². The Balaban J connectivity index is 1.51. The highest BCUT2D eigenvalue weighted by molar-refractivity contribution is 5.74. The number of urea groups is 1. The third kappa shape index (κ3) is 3.03. The first-order valence-corrected chi connectivity index (χ1v) is 7.63. The van der Waals surface area contributed by atoms with Gasteiger partial charge in [-0.15, -0.1) is 0 Å². The van der Waals surface area contributed by atoms with Gasteiger partial charge in [0.25, 0.3) is 0 Å². The van der Waals surface area contributed by atoms with Crippen molar-refractivity contribution in [3.05, 3.63) is 35.9 Å². The average Bonchev–Trinajstić information content (AvgIpc) is 3.15. The summed E-state index contributed by atoms with van der Waals surface area (Å²) in [6.07, 6.45) is 6.74. The molecule has 0 aliphatic heterocycles. The molecule has 22 heavy (non-hydrogen) atoms. The van der Waals surface area contributed by atoms with E-state index in [1.165, 1.54) is 6.42 Å². The second kappa shape index (κ2) is 6.30. The second-order valence-electron chi connectivity index (χ2n) is 5.90. The summed E-state index contributed by atoms with van der Waals surface area (Å²) in [5.41, 5.74) is 0.973. The summed E-state index contributed by atoms with van der Waals surface area (Å²) in [4.78, 5) is 12.0. The minimum absolute atomic E-state index is 0.110. The molecule has 2 bridgehead atoms. The number of amides is 2. The fourth-order valence-corrected chi connectivity index (χ4v) is 3.34. The Morgan fingerprint density at radius 2 is 2.00 bits per heavy atom. The van der Waals surface area contributed by atoms with E-state index in [1.807, 2.05) is 18.2 Å². The lowest BCUT2D eigenvalue weighted by Gasteiger charge is -2.20. The molecular weight excluding hydrogens is 280 g/mol. The first-order chi connectivity index (χ1) is 10.7. The zero-order valence-electron chi connectivity index (χ0n) is 13.0. The lowest BCUT2D eigenvalue weighted by Crippen LogP contribution is -2.43. The summed E-state index contributed by atoms with van der Waals surface area (Å²) in [6, 6.07) is 5.80. The SMILES string of the molecule is COc1ccc(CNC(=O)NC2CC3C=CC2C3)cc1OC. The van der Waals surface area contributed by atoms with Crippen molar-refractivity contribution in [1.82, 2.24) is 10.6 Å². The van der Waals surface area contributed by atoms with Gasteiger partial charge in [0.05, 0.1) is 14.2 Å². The van der Waals surface area contributed by atoms with Crippen LogP contribution in [0.3, 0.4) is 0 Å². The molecule has 5 nitrogen and oxygen atoms in total. The van der Waals surface area contributed by atoms with Crippen LogP contribution in [0.15, 0.2) is 30.4 Å². The number of hydrogen-bond acceptors (Lipinski definition) is 3.